The molecule has 1 amide bonds. The van der Waals surface area contributed by atoms with E-state index in [0.29, 0.717) is 10.5 Å². The van der Waals surface area contributed by atoms with Gasteiger partial charge in [0.25, 0.3) is 0 Å². The van der Waals surface area contributed by atoms with Crippen LogP contribution in [0.5, 0.6) is 0 Å². The molecule has 1 aromatic carbocycles. The Morgan fingerprint density at radius 2 is 1.95 bits per heavy atom. The molecule has 0 aliphatic carbocycles. The van der Waals surface area contributed by atoms with Gasteiger partial charge in [-0.25, -0.2) is 0 Å². The van der Waals surface area contributed by atoms with Gasteiger partial charge in [0.05, 0.1) is 0 Å². The molecular weight excluding hydrogens is 350 g/mol. The van der Waals surface area contributed by atoms with Crippen molar-refractivity contribution in [1.82, 2.24) is 4.90 Å². The quantitative estimate of drug-likeness (QED) is 0.557. The molecule has 0 aliphatic rings. The summed E-state index contributed by atoms with van der Waals surface area (Å²) in [5.74, 6) is 6.13. The summed E-state index contributed by atoms with van der Waals surface area (Å²) in [4.78, 5) is 14.3. The summed E-state index contributed by atoms with van der Waals surface area (Å²) in [6.07, 6.45) is 3.02. The van der Waals surface area contributed by atoms with Crippen LogP contribution in [0.3, 0.4) is 0 Å². The maximum absolute atomic E-state index is 12.3. The number of benzene rings is 1. The molecule has 0 N–H and O–H groups in total. The van der Waals surface area contributed by atoms with Crippen LogP contribution in [0.25, 0.3) is 0 Å². The monoisotopic (exact) mass is 373 g/mol. The molecule has 3 heteroatoms. The fraction of sp³-hybridized carbons (Fsp3) is 0.438. The Hall–Kier alpha value is -0.960. The van der Waals surface area contributed by atoms with Gasteiger partial charge in [-0.3, -0.25) is 0 Å². The molecule has 0 bridgehead atoms. The first kappa shape index (κ1) is 16.1. The van der Waals surface area contributed by atoms with Crippen molar-refractivity contribution in [3.63, 3.8) is 0 Å². The van der Waals surface area contributed by atoms with Crippen LogP contribution in [0.1, 0.15) is 33.1 Å². The van der Waals surface area contributed by atoms with Gasteiger partial charge in [-0.05, 0) is 0 Å². The van der Waals surface area contributed by atoms with E-state index in [4.69, 9.17) is 0 Å². The third kappa shape index (κ3) is 6.67. The number of amides is 1. The molecule has 0 aromatic heterocycles. The van der Waals surface area contributed by atoms with Gasteiger partial charge >= 0.3 is 127 Å². The third-order valence-electron chi connectivity index (χ3n) is 2.56. The molecule has 0 unspecified atom stereocenters. The van der Waals surface area contributed by atoms with Crippen LogP contribution in [0.15, 0.2) is 30.3 Å². The van der Waals surface area contributed by atoms with Crippen molar-refractivity contribution < 1.29 is 4.79 Å². The second-order valence-corrected chi connectivity index (χ2v) is 7.09. The summed E-state index contributed by atoms with van der Waals surface area (Å²) in [7, 11) is 0. The first-order valence-corrected chi connectivity index (χ1v) is 9.08. The van der Waals surface area contributed by atoms with Crippen molar-refractivity contribution in [2.45, 2.75) is 33.1 Å². The van der Waals surface area contributed by atoms with Crippen LogP contribution >= 0.6 is 0 Å². The molecule has 0 heterocycles. The molecule has 2 nitrogen and oxygen atoms in total. The van der Waals surface area contributed by atoms with Crippen LogP contribution in [0, 0.1) is 11.8 Å². The Morgan fingerprint density at radius 1 is 1.21 bits per heavy atom. The van der Waals surface area contributed by atoms with Crippen LogP contribution in [0.2, 0.25) is 0 Å². The second-order valence-electron chi connectivity index (χ2n) is 4.16. The van der Waals surface area contributed by atoms with E-state index in [1.807, 2.05) is 30.0 Å². The number of carbonyl (C=O) groups is 1. The van der Waals surface area contributed by atoms with Crippen molar-refractivity contribution in [3.05, 3.63) is 30.3 Å². The Labute approximate surface area is 126 Å². The summed E-state index contributed by atoms with van der Waals surface area (Å²) in [6, 6.07) is 10.1. The van der Waals surface area contributed by atoms with E-state index >= 15 is 0 Å². The zero-order chi connectivity index (χ0) is 13.9. The second kappa shape index (κ2) is 9.90. The SMILES string of the molecule is CCC#CCN(CCCC)C(=O)[Te]c1ccccc1. The summed E-state index contributed by atoms with van der Waals surface area (Å²) in [6.45, 7) is 5.60. The van der Waals surface area contributed by atoms with Gasteiger partial charge < -0.3 is 0 Å². The number of carbonyl (C=O) groups excluding carboxylic acids is 1. The topological polar surface area (TPSA) is 20.3 Å². The Bertz CT molecular complexity index is 433. The van der Waals surface area contributed by atoms with Gasteiger partial charge in [-0.15, -0.1) is 0 Å². The van der Waals surface area contributed by atoms with E-state index in [1.54, 1.807) is 0 Å². The van der Waals surface area contributed by atoms with Crippen LogP contribution in [-0.2, 0) is 0 Å². The summed E-state index contributed by atoms with van der Waals surface area (Å²) in [5.41, 5.74) is 0. The first-order valence-electron chi connectivity index (χ1n) is 6.75. The number of hydrogen-bond acceptors (Lipinski definition) is 1. The van der Waals surface area contributed by atoms with Crippen LogP contribution in [0.4, 0.5) is 4.79 Å². The van der Waals surface area contributed by atoms with Gasteiger partial charge in [0.15, 0.2) is 0 Å². The summed E-state index contributed by atoms with van der Waals surface area (Å²) >= 11 is -0.791. The minimum absolute atomic E-state index is 0.301. The average Bonchev–Trinajstić information content (AvgIpc) is 2.43. The molecule has 0 saturated carbocycles. The fourth-order valence-electron chi connectivity index (χ4n) is 1.51. The Morgan fingerprint density at radius 3 is 2.58 bits per heavy atom. The molecule has 1 rings (SSSR count). The third-order valence-corrected chi connectivity index (χ3v) is 5.24. The van der Waals surface area contributed by atoms with E-state index in [1.165, 1.54) is 3.61 Å². The van der Waals surface area contributed by atoms with E-state index in [-0.39, 0.29) is 0 Å². The van der Waals surface area contributed by atoms with Crippen molar-refractivity contribution in [1.29, 1.82) is 0 Å². The van der Waals surface area contributed by atoms with Crippen molar-refractivity contribution >= 4 is 28.5 Å². The molecule has 102 valence electrons. The molecular formula is C16H21NOTe. The molecule has 0 saturated heterocycles. The minimum atomic E-state index is -0.791. The predicted molar refractivity (Wildman–Crippen MR) is 81.8 cm³/mol. The van der Waals surface area contributed by atoms with Crippen molar-refractivity contribution in [2.24, 2.45) is 0 Å². The Balaban J connectivity index is 2.59. The predicted octanol–water partition coefficient (Wildman–Crippen LogP) is 2.65. The van der Waals surface area contributed by atoms with Crippen LogP contribution < -0.4 is 3.61 Å². The molecule has 0 aliphatic heterocycles. The summed E-state index contributed by atoms with van der Waals surface area (Å²) < 4.78 is 1.50. The number of nitrogens with zero attached hydrogens (tertiary/aromatic N) is 1. The van der Waals surface area contributed by atoms with Gasteiger partial charge in [0.2, 0.25) is 0 Å². The number of rotatable bonds is 6. The van der Waals surface area contributed by atoms with Crippen molar-refractivity contribution in [2.75, 3.05) is 13.1 Å². The Kier molecular flexibility index (Phi) is 8.39. The van der Waals surface area contributed by atoms with Gasteiger partial charge in [-0.2, -0.15) is 0 Å². The standard InChI is InChI=1S/C16H21NOTe/c1-3-5-10-14-17(13-6-4-2)16(18)19-15-11-8-7-9-12-15/h7-9,11-12H,3-4,6,13-14H2,1-2H3. The number of hydrogen-bond donors (Lipinski definition) is 0. The van der Waals surface area contributed by atoms with Gasteiger partial charge in [-0.1, -0.05) is 0 Å². The van der Waals surface area contributed by atoms with E-state index in [0.717, 1.165) is 25.8 Å². The first-order chi connectivity index (χ1) is 9.27. The van der Waals surface area contributed by atoms with Gasteiger partial charge in [0.1, 0.15) is 0 Å². The number of unbranched alkanes of at least 4 members (excludes halogenated alkanes) is 1. The molecule has 19 heavy (non-hydrogen) atoms. The molecule has 0 fully saturated rings. The zero-order valence-corrected chi connectivity index (χ0v) is 14.0. The van der Waals surface area contributed by atoms with E-state index in [2.05, 4.69) is 30.9 Å². The summed E-state index contributed by atoms with van der Waals surface area (Å²) in [5, 5.41) is 0. The van der Waals surface area contributed by atoms with Gasteiger partial charge in [0, 0.05) is 0 Å². The fourth-order valence-corrected chi connectivity index (χ4v) is 3.74. The molecule has 1 aromatic rings. The average molecular weight is 371 g/mol. The maximum atomic E-state index is 12.3. The zero-order valence-electron chi connectivity index (χ0n) is 11.7. The van der Waals surface area contributed by atoms with E-state index in [9.17, 15) is 4.79 Å². The molecule has 0 radical (unpaired) electrons. The normalized spacial score (nSPS) is 9.58. The molecule has 0 spiro atoms. The van der Waals surface area contributed by atoms with Crippen molar-refractivity contribution in [3.8, 4) is 11.8 Å². The molecule has 0 atom stereocenters. The van der Waals surface area contributed by atoms with Crippen LogP contribution in [-0.4, -0.2) is 42.9 Å². The van der Waals surface area contributed by atoms with E-state index < -0.39 is 20.9 Å².